The number of hydroxylamine groups is 1. The van der Waals surface area contributed by atoms with Crippen molar-refractivity contribution in [3.05, 3.63) is 29.8 Å². The molecular formula is C13H20N2O2. The van der Waals surface area contributed by atoms with Crippen molar-refractivity contribution in [2.45, 2.75) is 26.7 Å². The molecule has 1 amide bonds. The summed E-state index contributed by atoms with van der Waals surface area (Å²) in [6, 6.07) is 7.53. The van der Waals surface area contributed by atoms with Crippen LogP contribution in [0.3, 0.4) is 0 Å². The highest BCUT2D eigenvalue weighted by Crippen LogP contribution is 2.07. The number of hydrogen-bond donors (Lipinski definition) is 2. The van der Waals surface area contributed by atoms with Crippen LogP contribution in [0.25, 0.3) is 0 Å². The summed E-state index contributed by atoms with van der Waals surface area (Å²) in [7, 11) is 0. The van der Waals surface area contributed by atoms with E-state index in [1.807, 2.05) is 38.1 Å². The third-order valence-electron chi connectivity index (χ3n) is 2.22. The second-order valence-corrected chi connectivity index (χ2v) is 4.47. The first-order valence-corrected chi connectivity index (χ1v) is 5.83. The lowest BCUT2D eigenvalue weighted by Gasteiger charge is -2.07. The topological polar surface area (TPSA) is 64.3 Å². The van der Waals surface area contributed by atoms with Crippen molar-refractivity contribution in [3.63, 3.8) is 0 Å². The first-order valence-electron chi connectivity index (χ1n) is 5.83. The average Bonchev–Trinajstić information content (AvgIpc) is 2.28. The molecule has 4 heteroatoms. The van der Waals surface area contributed by atoms with Gasteiger partial charge in [-0.15, -0.1) is 0 Å². The Kier molecular flexibility index (Phi) is 5.49. The van der Waals surface area contributed by atoms with Gasteiger partial charge in [-0.05, 0) is 30.0 Å². The Balaban J connectivity index is 2.21. The molecule has 0 aliphatic heterocycles. The quantitative estimate of drug-likeness (QED) is 0.585. The van der Waals surface area contributed by atoms with Gasteiger partial charge in [-0.2, -0.15) is 0 Å². The molecule has 0 aliphatic rings. The van der Waals surface area contributed by atoms with Crippen LogP contribution in [-0.4, -0.2) is 12.5 Å². The van der Waals surface area contributed by atoms with Crippen LogP contribution in [0.2, 0.25) is 0 Å². The monoisotopic (exact) mass is 236 g/mol. The van der Waals surface area contributed by atoms with Crippen LogP contribution < -0.4 is 11.2 Å². The molecule has 0 saturated heterocycles. The highest BCUT2D eigenvalue weighted by molar-refractivity contribution is 5.75. The summed E-state index contributed by atoms with van der Waals surface area (Å²) in [5, 5.41) is 0. The van der Waals surface area contributed by atoms with E-state index in [0.29, 0.717) is 25.4 Å². The summed E-state index contributed by atoms with van der Waals surface area (Å²) >= 11 is 0. The molecular weight excluding hydrogens is 216 g/mol. The van der Waals surface area contributed by atoms with Crippen molar-refractivity contribution in [1.29, 1.82) is 0 Å². The van der Waals surface area contributed by atoms with E-state index in [1.165, 1.54) is 0 Å². The van der Waals surface area contributed by atoms with Gasteiger partial charge in [0.1, 0.15) is 0 Å². The highest BCUT2D eigenvalue weighted by atomic mass is 16.6. The zero-order chi connectivity index (χ0) is 12.7. The predicted molar refractivity (Wildman–Crippen MR) is 68.1 cm³/mol. The summed E-state index contributed by atoms with van der Waals surface area (Å²) in [6.07, 6.45) is 1.11. The molecule has 0 heterocycles. The van der Waals surface area contributed by atoms with Crippen LogP contribution in [0, 0.1) is 5.92 Å². The summed E-state index contributed by atoms with van der Waals surface area (Å²) in [5.74, 6) is 0.315. The zero-order valence-corrected chi connectivity index (χ0v) is 10.4. The van der Waals surface area contributed by atoms with E-state index in [4.69, 9.17) is 10.6 Å². The van der Waals surface area contributed by atoms with Crippen molar-refractivity contribution >= 4 is 11.6 Å². The van der Waals surface area contributed by atoms with Crippen molar-refractivity contribution < 1.29 is 9.63 Å². The van der Waals surface area contributed by atoms with E-state index in [-0.39, 0.29) is 5.91 Å². The van der Waals surface area contributed by atoms with Gasteiger partial charge in [0.25, 0.3) is 0 Å². The van der Waals surface area contributed by atoms with Crippen molar-refractivity contribution in [2.75, 3.05) is 12.3 Å². The highest BCUT2D eigenvalue weighted by Gasteiger charge is 2.02. The number of nitrogens with two attached hydrogens (primary N) is 1. The van der Waals surface area contributed by atoms with E-state index >= 15 is 0 Å². The number of nitrogens with one attached hydrogen (secondary N) is 1. The molecule has 3 N–H and O–H groups in total. The fourth-order valence-electron chi connectivity index (χ4n) is 1.28. The number of amides is 1. The molecule has 0 fully saturated rings. The standard InChI is InChI=1S/C13H20N2O2/c1-10(2)9-17-15-13(16)8-5-11-3-6-12(14)7-4-11/h3-4,6-7,10H,5,8-9,14H2,1-2H3,(H,15,16). The number of anilines is 1. The van der Waals surface area contributed by atoms with Crippen LogP contribution in [0.1, 0.15) is 25.8 Å². The first-order chi connectivity index (χ1) is 8.08. The van der Waals surface area contributed by atoms with Crippen LogP contribution in [0.4, 0.5) is 5.69 Å². The lowest BCUT2D eigenvalue weighted by atomic mass is 10.1. The minimum absolute atomic E-state index is 0.0949. The Hall–Kier alpha value is -1.55. The molecule has 94 valence electrons. The van der Waals surface area contributed by atoms with Crippen LogP contribution in [0.5, 0.6) is 0 Å². The minimum Gasteiger partial charge on any atom is -0.399 e. The molecule has 17 heavy (non-hydrogen) atoms. The Morgan fingerprint density at radius 2 is 2.00 bits per heavy atom. The third-order valence-corrected chi connectivity index (χ3v) is 2.22. The molecule has 0 bridgehead atoms. The summed E-state index contributed by atoms with van der Waals surface area (Å²) < 4.78 is 0. The number of benzene rings is 1. The Morgan fingerprint density at radius 3 is 2.59 bits per heavy atom. The minimum atomic E-state index is -0.0949. The zero-order valence-electron chi connectivity index (χ0n) is 10.4. The van der Waals surface area contributed by atoms with E-state index in [2.05, 4.69) is 5.48 Å². The Bertz CT molecular complexity index is 347. The van der Waals surface area contributed by atoms with Gasteiger partial charge in [-0.1, -0.05) is 26.0 Å². The number of aryl methyl sites for hydroxylation is 1. The average molecular weight is 236 g/mol. The SMILES string of the molecule is CC(C)CONC(=O)CCc1ccc(N)cc1. The number of nitrogen functional groups attached to an aromatic ring is 1. The molecule has 1 aromatic carbocycles. The maximum atomic E-state index is 11.4. The molecule has 4 nitrogen and oxygen atoms in total. The van der Waals surface area contributed by atoms with Crippen molar-refractivity contribution in [3.8, 4) is 0 Å². The molecule has 0 unspecified atom stereocenters. The maximum absolute atomic E-state index is 11.4. The molecule has 1 rings (SSSR count). The molecule has 0 atom stereocenters. The third kappa shape index (κ3) is 5.92. The van der Waals surface area contributed by atoms with E-state index in [0.717, 1.165) is 11.3 Å². The predicted octanol–water partition coefficient (Wildman–Crippen LogP) is 1.91. The van der Waals surface area contributed by atoms with Gasteiger partial charge in [0, 0.05) is 12.1 Å². The lowest BCUT2D eigenvalue weighted by molar-refractivity contribution is -0.134. The van der Waals surface area contributed by atoms with Gasteiger partial charge in [-0.3, -0.25) is 9.63 Å². The fraction of sp³-hybridized carbons (Fsp3) is 0.462. The molecule has 1 aromatic rings. The van der Waals surface area contributed by atoms with E-state index in [1.54, 1.807) is 0 Å². The summed E-state index contributed by atoms with van der Waals surface area (Å²) in [4.78, 5) is 16.4. The number of carbonyl (C=O) groups is 1. The summed E-state index contributed by atoms with van der Waals surface area (Å²) in [5.41, 5.74) is 9.84. The number of rotatable bonds is 6. The van der Waals surface area contributed by atoms with Crippen LogP contribution >= 0.6 is 0 Å². The van der Waals surface area contributed by atoms with Gasteiger partial charge in [0.15, 0.2) is 0 Å². The van der Waals surface area contributed by atoms with Gasteiger partial charge < -0.3 is 5.73 Å². The molecule has 0 aliphatic carbocycles. The van der Waals surface area contributed by atoms with Crippen LogP contribution in [-0.2, 0) is 16.1 Å². The lowest BCUT2D eigenvalue weighted by Crippen LogP contribution is -2.25. The second-order valence-electron chi connectivity index (χ2n) is 4.47. The normalized spacial score (nSPS) is 10.5. The van der Waals surface area contributed by atoms with Crippen molar-refractivity contribution in [2.24, 2.45) is 5.92 Å². The fourth-order valence-corrected chi connectivity index (χ4v) is 1.28. The molecule has 0 saturated carbocycles. The maximum Gasteiger partial charge on any atom is 0.243 e. The number of hydrogen-bond acceptors (Lipinski definition) is 3. The molecule has 0 spiro atoms. The van der Waals surface area contributed by atoms with E-state index in [9.17, 15) is 4.79 Å². The van der Waals surface area contributed by atoms with Gasteiger partial charge in [0.05, 0.1) is 6.61 Å². The Morgan fingerprint density at radius 1 is 1.35 bits per heavy atom. The van der Waals surface area contributed by atoms with Gasteiger partial charge in [0.2, 0.25) is 5.91 Å². The number of carbonyl (C=O) groups excluding carboxylic acids is 1. The molecule has 0 aromatic heterocycles. The largest absolute Gasteiger partial charge is 0.399 e. The van der Waals surface area contributed by atoms with Crippen molar-refractivity contribution in [1.82, 2.24) is 5.48 Å². The van der Waals surface area contributed by atoms with E-state index < -0.39 is 0 Å². The first kappa shape index (κ1) is 13.5. The second kappa shape index (κ2) is 6.91. The molecule has 0 radical (unpaired) electrons. The van der Waals surface area contributed by atoms with Gasteiger partial charge >= 0.3 is 0 Å². The Labute approximate surface area is 102 Å². The van der Waals surface area contributed by atoms with Gasteiger partial charge in [-0.25, -0.2) is 5.48 Å². The van der Waals surface area contributed by atoms with Crippen LogP contribution in [0.15, 0.2) is 24.3 Å². The smallest absolute Gasteiger partial charge is 0.243 e. The summed E-state index contributed by atoms with van der Waals surface area (Å²) in [6.45, 7) is 4.59.